The third-order valence-electron chi connectivity index (χ3n) is 2.44. The van der Waals surface area contributed by atoms with E-state index in [0.717, 1.165) is 19.3 Å². The van der Waals surface area contributed by atoms with E-state index >= 15 is 0 Å². The summed E-state index contributed by atoms with van der Waals surface area (Å²) in [6.07, 6.45) is 2.63. The Morgan fingerprint density at radius 1 is 1.17 bits per heavy atom. The Morgan fingerprint density at radius 3 is 2.17 bits per heavy atom. The number of aliphatic hydroxyl groups excluding tert-OH is 2. The molecule has 3 atom stereocenters. The molecule has 0 fully saturated rings. The van der Waals surface area contributed by atoms with Crippen LogP contribution in [0.15, 0.2) is 0 Å². The van der Waals surface area contributed by atoms with E-state index in [1.54, 1.807) is 0 Å². The zero-order valence-corrected chi connectivity index (χ0v) is 8.45. The van der Waals surface area contributed by atoms with Gasteiger partial charge in [-0.1, -0.05) is 33.6 Å². The first kappa shape index (κ1) is 11.9. The molecule has 0 saturated heterocycles. The quantitative estimate of drug-likeness (QED) is 0.646. The summed E-state index contributed by atoms with van der Waals surface area (Å²) in [6, 6.07) is 0. The number of aliphatic hydroxyl groups is 2. The van der Waals surface area contributed by atoms with E-state index in [0.29, 0.717) is 12.3 Å². The smallest absolute Gasteiger partial charge is 0.0590 e. The summed E-state index contributed by atoms with van der Waals surface area (Å²) in [5, 5.41) is 19.0. The van der Waals surface area contributed by atoms with Crippen molar-refractivity contribution in [1.29, 1.82) is 0 Å². The predicted molar refractivity (Wildman–Crippen MR) is 51.0 cm³/mol. The van der Waals surface area contributed by atoms with Crippen molar-refractivity contribution in [2.24, 2.45) is 5.92 Å². The molecule has 0 aromatic carbocycles. The largest absolute Gasteiger partial charge is 0.393 e. The summed E-state index contributed by atoms with van der Waals surface area (Å²) in [4.78, 5) is 0. The summed E-state index contributed by atoms with van der Waals surface area (Å²) in [5.74, 6) is 0.302. The van der Waals surface area contributed by atoms with Gasteiger partial charge in [0.05, 0.1) is 12.2 Å². The van der Waals surface area contributed by atoms with Crippen LogP contribution in [0.4, 0.5) is 0 Å². The van der Waals surface area contributed by atoms with Gasteiger partial charge >= 0.3 is 0 Å². The predicted octanol–water partition coefficient (Wildman–Crippen LogP) is 1.94. The lowest BCUT2D eigenvalue weighted by Gasteiger charge is -2.19. The molecule has 2 N–H and O–H groups in total. The molecule has 0 spiro atoms. The zero-order chi connectivity index (χ0) is 9.56. The Kier molecular flexibility index (Phi) is 6.39. The van der Waals surface area contributed by atoms with Crippen LogP contribution in [0.25, 0.3) is 0 Å². The molecule has 0 aromatic rings. The summed E-state index contributed by atoms with van der Waals surface area (Å²) >= 11 is 0. The molecule has 0 heterocycles. The molecule has 0 aliphatic carbocycles. The van der Waals surface area contributed by atoms with E-state index in [-0.39, 0.29) is 12.2 Å². The SMILES string of the molecule is CCCC(O)CC(O)C(C)CC. The minimum atomic E-state index is -0.337. The molecule has 12 heavy (non-hydrogen) atoms. The first-order valence-corrected chi connectivity index (χ1v) is 4.97. The summed E-state index contributed by atoms with van der Waals surface area (Å²) < 4.78 is 0. The van der Waals surface area contributed by atoms with E-state index in [1.165, 1.54) is 0 Å². The van der Waals surface area contributed by atoms with Crippen LogP contribution < -0.4 is 0 Å². The number of hydrogen-bond donors (Lipinski definition) is 2. The average Bonchev–Trinajstić information content (AvgIpc) is 2.03. The van der Waals surface area contributed by atoms with Gasteiger partial charge in [-0.3, -0.25) is 0 Å². The van der Waals surface area contributed by atoms with Crippen molar-refractivity contribution in [3.05, 3.63) is 0 Å². The Balaban J connectivity index is 3.59. The molecule has 0 saturated carbocycles. The highest BCUT2D eigenvalue weighted by Gasteiger charge is 2.15. The molecule has 0 aliphatic heterocycles. The van der Waals surface area contributed by atoms with Crippen molar-refractivity contribution >= 4 is 0 Å². The second-order valence-corrected chi connectivity index (χ2v) is 3.63. The van der Waals surface area contributed by atoms with Gasteiger partial charge in [-0.2, -0.15) is 0 Å². The van der Waals surface area contributed by atoms with E-state index < -0.39 is 0 Å². The highest BCUT2D eigenvalue weighted by Crippen LogP contribution is 2.14. The second-order valence-electron chi connectivity index (χ2n) is 3.63. The molecule has 2 heteroatoms. The van der Waals surface area contributed by atoms with E-state index in [4.69, 9.17) is 0 Å². The lowest BCUT2D eigenvalue weighted by atomic mass is 9.95. The van der Waals surface area contributed by atoms with Crippen LogP contribution in [-0.2, 0) is 0 Å². The zero-order valence-electron chi connectivity index (χ0n) is 8.45. The Morgan fingerprint density at radius 2 is 1.75 bits per heavy atom. The van der Waals surface area contributed by atoms with Gasteiger partial charge in [0.25, 0.3) is 0 Å². The monoisotopic (exact) mass is 174 g/mol. The van der Waals surface area contributed by atoms with Gasteiger partial charge in [-0.25, -0.2) is 0 Å². The maximum absolute atomic E-state index is 9.55. The van der Waals surface area contributed by atoms with Crippen molar-refractivity contribution < 1.29 is 10.2 Å². The molecule has 3 unspecified atom stereocenters. The van der Waals surface area contributed by atoms with Crippen molar-refractivity contribution in [2.75, 3.05) is 0 Å². The van der Waals surface area contributed by atoms with Crippen LogP contribution in [-0.4, -0.2) is 22.4 Å². The number of rotatable bonds is 6. The van der Waals surface area contributed by atoms with Gasteiger partial charge in [0.1, 0.15) is 0 Å². The molecule has 0 radical (unpaired) electrons. The maximum Gasteiger partial charge on any atom is 0.0590 e. The summed E-state index contributed by atoms with van der Waals surface area (Å²) in [5.41, 5.74) is 0. The molecular weight excluding hydrogens is 152 g/mol. The highest BCUT2D eigenvalue weighted by molar-refractivity contribution is 4.67. The molecule has 74 valence electrons. The van der Waals surface area contributed by atoms with Gasteiger partial charge in [-0.15, -0.1) is 0 Å². The molecule has 0 rings (SSSR count). The molecule has 0 aliphatic rings. The van der Waals surface area contributed by atoms with Gasteiger partial charge in [0, 0.05) is 0 Å². The van der Waals surface area contributed by atoms with E-state index in [1.807, 2.05) is 13.8 Å². The third-order valence-corrected chi connectivity index (χ3v) is 2.44. The molecule has 0 amide bonds. The molecule has 0 bridgehead atoms. The van der Waals surface area contributed by atoms with Gasteiger partial charge in [0.2, 0.25) is 0 Å². The minimum Gasteiger partial charge on any atom is -0.393 e. The third kappa shape index (κ3) is 4.73. The van der Waals surface area contributed by atoms with Gasteiger partial charge in [-0.05, 0) is 18.8 Å². The maximum atomic E-state index is 9.55. The summed E-state index contributed by atoms with van der Waals surface area (Å²) in [7, 11) is 0. The Labute approximate surface area is 75.6 Å². The average molecular weight is 174 g/mol. The fourth-order valence-electron chi connectivity index (χ4n) is 1.23. The van der Waals surface area contributed by atoms with Crippen LogP contribution in [0, 0.1) is 5.92 Å². The van der Waals surface area contributed by atoms with E-state index in [9.17, 15) is 10.2 Å². The standard InChI is InChI=1S/C10H22O2/c1-4-6-9(11)7-10(12)8(3)5-2/h8-12H,4-7H2,1-3H3. The topological polar surface area (TPSA) is 40.5 Å². The van der Waals surface area contributed by atoms with Crippen molar-refractivity contribution in [3.63, 3.8) is 0 Å². The normalized spacial score (nSPS) is 18.8. The van der Waals surface area contributed by atoms with Crippen molar-refractivity contribution in [3.8, 4) is 0 Å². The van der Waals surface area contributed by atoms with Gasteiger partial charge in [0.15, 0.2) is 0 Å². The minimum absolute atomic E-state index is 0.302. The first-order valence-electron chi connectivity index (χ1n) is 4.97. The lowest BCUT2D eigenvalue weighted by Crippen LogP contribution is -2.23. The van der Waals surface area contributed by atoms with Crippen molar-refractivity contribution in [2.45, 2.75) is 58.7 Å². The van der Waals surface area contributed by atoms with Gasteiger partial charge < -0.3 is 10.2 Å². The highest BCUT2D eigenvalue weighted by atomic mass is 16.3. The van der Waals surface area contributed by atoms with E-state index in [2.05, 4.69) is 6.92 Å². The number of hydrogen-bond acceptors (Lipinski definition) is 2. The summed E-state index contributed by atoms with van der Waals surface area (Å²) in [6.45, 7) is 6.11. The van der Waals surface area contributed by atoms with Crippen LogP contribution in [0.3, 0.4) is 0 Å². The fourth-order valence-corrected chi connectivity index (χ4v) is 1.23. The van der Waals surface area contributed by atoms with Crippen LogP contribution in [0.1, 0.15) is 46.5 Å². The fraction of sp³-hybridized carbons (Fsp3) is 1.00. The lowest BCUT2D eigenvalue weighted by molar-refractivity contribution is 0.0439. The molecule has 2 nitrogen and oxygen atoms in total. The second kappa shape index (κ2) is 6.44. The van der Waals surface area contributed by atoms with Crippen LogP contribution >= 0.6 is 0 Å². The Bertz CT molecular complexity index is 104. The first-order chi connectivity index (χ1) is 5.61. The van der Waals surface area contributed by atoms with Crippen molar-refractivity contribution in [1.82, 2.24) is 0 Å². The Hall–Kier alpha value is -0.0800. The molecular formula is C10H22O2. The van der Waals surface area contributed by atoms with Crippen LogP contribution in [0.2, 0.25) is 0 Å². The van der Waals surface area contributed by atoms with Crippen LogP contribution in [0.5, 0.6) is 0 Å². The molecule has 0 aromatic heterocycles.